The van der Waals surface area contributed by atoms with Gasteiger partial charge in [-0.15, -0.1) is 0 Å². The van der Waals surface area contributed by atoms with Gasteiger partial charge < -0.3 is 9.64 Å². The number of ether oxygens (including phenoxy) is 1. The highest BCUT2D eigenvalue weighted by Crippen LogP contribution is 2.20. The molecule has 3 amide bonds. The number of nitrogens with one attached hydrogen (secondary N) is 1. The maximum absolute atomic E-state index is 13.1. The maximum atomic E-state index is 13.1. The molecule has 0 saturated carbocycles. The Labute approximate surface area is 158 Å². The van der Waals surface area contributed by atoms with Gasteiger partial charge in [-0.05, 0) is 29.8 Å². The van der Waals surface area contributed by atoms with Crippen LogP contribution < -0.4 is 10.4 Å². The quantitative estimate of drug-likeness (QED) is 0.822. The monoisotopic (exact) mass is 369 g/mol. The summed E-state index contributed by atoms with van der Waals surface area (Å²) in [6.07, 6.45) is 0. The first-order chi connectivity index (χ1) is 13.2. The number of anilines is 1. The number of amides is 3. The molecule has 0 radical (unpaired) electrons. The minimum Gasteiger partial charge on any atom is -0.378 e. The fraction of sp³-hybridized carbons (Fsp3) is 0.300. The Bertz CT molecular complexity index is 759. The van der Waals surface area contributed by atoms with Crippen LogP contribution in [0.25, 0.3) is 0 Å². The predicted octanol–water partition coefficient (Wildman–Crippen LogP) is 2.44. The zero-order valence-corrected chi connectivity index (χ0v) is 15.3. The van der Waals surface area contributed by atoms with E-state index < -0.39 is 0 Å². The number of hydrogen-bond donors (Lipinski definition) is 1. The maximum Gasteiger partial charge on any atom is 0.324 e. The molecule has 3 rings (SSSR count). The van der Waals surface area contributed by atoms with Crippen molar-refractivity contribution in [1.29, 1.82) is 0 Å². The number of rotatable bonds is 5. The summed E-state index contributed by atoms with van der Waals surface area (Å²) in [6, 6.07) is 16.6. The molecule has 0 spiro atoms. The van der Waals surface area contributed by atoms with Crippen LogP contribution in [0, 0.1) is 0 Å². The summed E-state index contributed by atoms with van der Waals surface area (Å²) in [5.74, 6) is -0.312. The third-order valence-electron chi connectivity index (χ3n) is 4.33. The summed E-state index contributed by atoms with van der Waals surface area (Å²) in [6.45, 7) is 2.68. The summed E-state index contributed by atoms with van der Waals surface area (Å²) in [4.78, 5) is 33.1. The fourth-order valence-corrected chi connectivity index (χ4v) is 2.90. The van der Waals surface area contributed by atoms with Gasteiger partial charge in [-0.1, -0.05) is 30.3 Å². The summed E-state index contributed by atoms with van der Waals surface area (Å²) >= 11 is 0. The first-order valence-corrected chi connectivity index (χ1v) is 8.80. The van der Waals surface area contributed by atoms with Gasteiger partial charge in [0.1, 0.15) is 0 Å². The van der Waals surface area contributed by atoms with E-state index in [0.717, 1.165) is 11.3 Å². The third kappa shape index (κ3) is 4.84. The molecule has 0 unspecified atom stereocenters. The Morgan fingerprint density at radius 1 is 1.07 bits per heavy atom. The summed E-state index contributed by atoms with van der Waals surface area (Å²) in [5.41, 5.74) is 4.53. The van der Waals surface area contributed by atoms with E-state index in [4.69, 9.17) is 4.74 Å². The molecular weight excluding hydrogens is 346 g/mol. The second-order valence-electron chi connectivity index (χ2n) is 6.14. The van der Waals surface area contributed by atoms with Gasteiger partial charge in [0.05, 0.1) is 26.9 Å². The van der Waals surface area contributed by atoms with E-state index in [1.165, 1.54) is 7.11 Å². The zero-order valence-electron chi connectivity index (χ0n) is 15.3. The highest BCUT2D eigenvalue weighted by Gasteiger charge is 2.24. The van der Waals surface area contributed by atoms with Crippen molar-refractivity contribution in [3.8, 4) is 0 Å². The molecule has 2 aromatic carbocycles. The lowest BCUT2D eigenvalue weighted by Gasteiger charge is -2.33. The van der Waals surface area contributed by atoms with Crippen LogP contribution in [0.3, 0.4) is 0 Å². The highest BCUT2D eigenvalue weighted by atomic mass is 16.6. The van der Waals surface area contributed by atoms with E-state index in [0.29, 0.717) is 38.4 Å². The van der Waals surface area contributed by atoms with Gasteiger partial charge in [-0.3, -0.25) is 14.5 Å². The Hall–Kier alpha value is -2.90. The van der Waals surface area contributed by atoms with Crippen molar-refractivity contribution >= 4 is 17.6 Å². The molecule has 2 aromatic rings. The minimum atomic E-state index is -0.312. The van der Waals surface area contributed by atoms with Crippen LogP contribution in [0.5, 0.6) is 0 Å². The number of benzene rings is 2. The number of carbonyl (C=O) groups excluding carboxylic acids is 2. The molecule has 27 heavy (non-hydrogen) atoms. The number of hydroxylamine groups is 1. The van der Waals surface area contributed by atoms with E-state index >= 15 is 0 Å². The largest absolute Gasteiger partial charge is 0.378 e. The van der Waals surface area contributed by atoms with Crippen LogP contribution in [0.15, 0.2) is 54.6 Å². The Morgan fingerprint density at radius 2 is 1.74 bits per heavy atom. The van der Waals surface area contributed by atoms with Crippen molar-refractivity contribution < 1.29 is 19.2 Å². The summed E-state index contributed by atoms with van der Waals surface area (Å²) < 4.78 is 5.35. The molecule has 0 aliphatic carbocycles. The van der Waals surface area contributed by atoms with Crippen molar-refractivity contribution in [2.24, 2.45) is 0 Å². The smallest absolute Gasteiger partial charge is 0.324 e. The molecule has 1 fully saturated rings. The topological polar surface area (TPSA) is 71.1 Å². The van der Waals surface area contributed by atoms with Crippen LogP contribution >= 0.6 is 0 Å². The number of para-hydroxylation sites is 1. The fourth-order valence-electron chi connectivity index (χ4n) is 2.90. The average Bonchev–Trinajstić information content (AvgIpc) is 2.73. The molecule has 1 aliphatic rings. The Morgan fingerprint density at radius 3 is 2.37 bits per heavy atom. The van der Waals surface area contributed by atoms with Gasteiger partial charge >= 0.3 is 6.03 Å². The van der Waals surface area contributed by atoms with Crippen molar-refractivity contribution in [3.05, 3.63) is 65.7 Å². The molecular formula is C20H23N3O4. The molecule has 1 heterocycles. The predicted molar refractivity (Wildman–Crippen MR) is 101 cm³/mol. The number of hydrogen-bond acceptors (Lipinski definition) is 4. The Kier molecular flexibility index (Phi) is 6.40. The number of nitrogens with zero attached hydrogens (tertiary/aromatic N) is 2. The Balaban J connectivity index is 1.79. The van der Waals surface area contributed by atoms with Crippen LogP contribution in [-0.2, 0) is 16.1 Å². The number of carbonyl (C=O) groups is 2. The van der Waals surface area contributed by atoms with Crippen LogP contribution in [0.2, 0.25) is 0 Å². The normalized spacial score (nSPS) is 13.9. The SMILES string of the molecule is CONC(=O)c1ccc(CN(C(=O)N2CCOCC2)c2ccccc2)cc1. The highest BCUT2D eigenvalue weighted by molar-refractivity contribution is 5.94. The van der Waals surface area contributed by atoms with E-state index in [-0.39, 0.29) is 11.9 Å². The van der Waals surface area contributed by atoms with E-state index in [9.17, 15) is 9.59 Å². The molecule has 1 N–H and O–H groups in total. The summed E-state index contributed by atoms with van der Waals surface area (Å²) in [5, 5.41) is 0. The molecule has 0 bridgehead atoms. The number of urea groups is 1. The third-order valence-corrected chi connectivity index (χ3v) is 4.33. The molecule has 1 aliphatic heterocycles. The molecule has 7 nitrogen and oxygen atoms in total. The first-order valence-electron chi connectivity index (χ1n) is 8.80. The van der Waals surface area contributed by atoms with Gasteiger partial charge in [0.15, 0.2) is 0 Å². The van der Waals surface area contributed by atoms with Crippen molar-refractivity contribution in [2.45, 2.75) is 6.54 Å². The van der Waals surface area contributed by atoms with Crippen molar-refractivity contribution in [3.63, 3.8) is 0 Å². The second kappa shape index (κ2) is 9.16. The van der Waals surface area contributed by atoms with Gasteiger partial charge in [0.2, 0.25) is 0 Å². The first kappa shape index (κ1) is 18.9. The molecule has 1 saturated heterocycles. The van der Waals surface area contributed by atoms with Gasteiger partial charge in [0.25, 0.3) is 5.91 Å². The number of morpholine rings is 1. The van der Waals surface area contributed by atoms with E-state index in [1.54, 1.807) is 21.9 Å². The lowest BCUT2D eigenvalue weighted by molar-refractivity contribution is 0.0537. The molecule has 0 atom stereocenters. The van der Waals surface area contributed by atoms with Gasteiger partial charge in [-0.25, -0.2) is 10.3 Å². The second-order valence-corrected chi connectivity index (χ2v) is 6.14. The van der Waals surface area contributed by atoms with Gasteiger partial charge in [-0.2, -0.15) is 0 Å². The van der Waals surface area contributed by atoms with Crippen molar-refractivity contribution in [1.82, 2.24) is 10.4 Å². The van der Waals surface area contributed by atoms with Crippen LogP contribution in [0.1, 0.15) is 15.9 Å². The zero-order chi connectivity index (χ0) is 19.1. The molecule has 7 heteroatoms. The lowest BCUT2D eigenvalue weighted by Crippen LogP contribution is -2.48. The van der Waals surface area contributed by atoms with Crippen LogP contribution in [-0.4, -0.2) is 50.3 Å². The standard InChI is InChI=1S/C20H23N3O4/c1-26-21-19(24)17-9-7-16(8-10-17)15-23(18-5-3-2-4-6-18)20(25)22-11-13-27-14-12-22/h2-10H,11-15H2,1H3,(H,21,24). The van der Waals surface area contributed by atoms with Crippen LogP contribution in [0.4, 0.5) is 10.5 Å². The van der Waals surface area contributed by atoms with Gasteiger partial charge in [0, 0.05) is 24.3 Å². The van der Waals surface area contributed by atoms with E-state index in [2.05, 4.69) is 10.3 Å². The average molecular weight is 369 g/mol. The lowest BCUT2D eigenvalue weighted by atomic mass is 10.1. The van der Waals surface area contributed by atoms with E-state index in [1.807, 2.05) is 42.5 Å². The minimum absolute atomic E-state index is 0.0503. The summed E-state index contributed by atoms with van der Waals surface area (Å²) in [7, 11) is 1.39. The molecule has 0 aromatic heterocycles. The van der Waals surface area contributed by atoms with Crippen molar-refractivity contribution in [2.75, 3.05) is 38.3 Å². The molecule has 142 valence electrons.